The summed E-state index contributed by atoms with van der Waals surface area (Å²) in [6, 6.07) is 9.31. The number of hydrogen-bond donors (Lipinski definition) is 2. The van der Waals surface area contributed by atoms with Crippen molar-refractivity contribution in [2.24, 2.45) is 0 Å². The van der Waals surface area contributed by atoms with Gasteiger partial charge in [-0.15, -0.1) is 0 Å². The molecule has 1 aliphatic rings. The minimum absolute atomic E-state index is 0.316. The average Bonchev–Trinajstić information content (AvgIpc) is 2.98. The van der Waals surface area contributed by atoms with Gasteiger partial charge in [-0.1, -0.05) is 24.3 Å². The van der Waals surface area contributed by atoms with E-state index in [0.29, 0.717) is 24.4 Å². The van der Waals surface area contributed by atoms with E-state index in [1.165, 1.54) is 11.8 Å². The monoisotopic (exact) mass is 299 g/mol. The van der Waals surface area contributed by atoms with Gasteiger partial charge < -0.3 is 9.32 Å². The maximum absolute atomic E-state index is 12.1. The molecule has 0 unspecified atom stereocenters. The summed E-state index contributed by atoms with van der Waals surface area (Å²) < 4.78 is 5.06. The Hall–Kier alpha value is -2.76. The Kier molecular flexibility index (Phi) is 3.82. The smallest absolute Gasteiger partial charge is 0.336 e. The first-order valence-corrected chi connectivity index (χ1v) is 7.11. The quantitative estimate of drug-likeness (QED) is 0.791. The van der Waals surface area contributed by atoms with Crippen LogP contribution in [0.2, 0.25) is 0 Å². The van der Waals surface area contributed by atoms with Gasteiger partial charge in [0.25, 0.3) is 5.91 Å². The molecule has 22 heavy (non-hydrogen) atoms. The molecular formula is C16H17N3O3. The maximum Gasteiger partial charge on any atom is 0.336 e. The van der Waals surface area contributed by atoms with Gasteiger partial charge in [0.15, 0.2) is 0 Å². The van der Waals surface area contributed by atoms with Crippen molar-refractivity contribution in [1.82, 2.24) is 15.8 Å². The van der Waals surface area contributed by atoms with Crippen molar-refractivity contribution in [1.29, 1.82) is 0 Å². The molecule has 0 bridgehead atoms. The summed E-state index contributed by atoms with van der Waals surface area (Å²) in [7, 11) is 0. The zero-order chi connectivity index (χ0) is 15.5. The molecule has 3 rings (SSSR count). The van der Waals surface area contributed by atoms with E-state index in [0.717, 1.165) is 12.0 Å². The predicted molar refractivity (Wildman–Crippen MR) is 80.0 cm³/mol. The topological polar surface area (TPSA) is 74.6 Å². The number of rotatable bonds is 1. The molecular weight excluding hydrogens is 282 g/mol. The molecule has 1 aromatic carbocycles. The van der Waals surface area contributed by atoms with Crippen molar-refractivity contribution < 1.29 is 14.0 Å². The Morgan fingerprint density at radius 3 is 2.64 bits per heavy atom. The average molecular weight is 299 g/mol. The minimum Gasteiger partial charge on any atom is -0.469 e. The Balaban J connectivity index is 1.57. The van der Waals surface area contributed by atoms with E-state index in [9.17, 15) is 9.59 Å². The van der Waals surface area contributed by atoms with Crippen LogP contribution in [0.25, 0.3) is 0 Å². The van der Waals surface area contributed by atoms with Crippen molar-refractivity contribution in [2.75, 3.05) is 6.54 Å². The van der Waals surface area contributed by atoms with Crippen molar-refractivity contribution in [3.8, 4) is 0 Å². The zero-order valence-electron chi connectivity index (χ0n) is 12.3. The fraction of sp³-hybridized carbons (Fsp3) is 0.250. The lowest BCUT2D eigenvalue weighted by Crippen LogP contribution is -2.50. The summed E-state index contributed by atoms with van der Waals surface area (Å²) >= 11 is 0. The molecule has 3 amide bonds. The Bertz CT molecular complexity index is 708. The van der Waals surface area contributed by atoms with Crippen LogP contribution in [-0.2, 0) is 13.0 Å². The number of nitrogens with one attached hydrogen (secondary N) is 2. The zero-order valence-corrected chi connectivity index (χ0v) is 12.3. The largest absolute Gasteiger partial charge is 0.469 e. The van der Waals surface area contributed by atoms with Crippen molar-refractivity contribution in [3.05, 3.63) is 59.0 Å². The van der Waals surface area contributed by atoms with Crippen LogP contribution in [0, 0.1) is 6.92 Å². The van der Waals surface area contributed by atoms with Gasteiger partial charge in [-0.2, -0.15) is 0 Å². The van der Waals surface area contributed by atoms with Gasteiger partial charge in [0.2, 0.25) is 0 Å². The minimum atomic E-state index is -0.392. The number of urea groups is 1. The molecule has 1 aliphatic heterocycles. The van der Waals surface area contributed by atoms with Gasteiger partial charge in [0.05, 0.1) is 11.8 Å². The standard InChI is InChI=1S/C16H17N3O3/c1-11-14(7-9-22-11)15(20)17-18-16(21)19-8-6-12-4-2-3-5-13(12)10-19/h2-5,7,9H,6,8,10H2,1H3,(H,17,20)(H,18,21). The first kappa shape index (κ1) is 14.2. The van der Waals surface area contributed by atoms with Crippen molar-refractivity contribution in [3.63, 3.8) is 0 Å². The molecule has 114 valence electrons. The molecule has 0 fully saturated rings. The molecule has 2 N–H and O–H groups in total. The van der Waals surface area contributed by atoms with E-state index >= 15 is 0 Å². The van der Waals surface area contributed by atoms with Gasteiger partial charge in [-0.05, 0) is 30.5 Å². The van der Waals surface area contributed by atoms with Gasteiger partial charge in [-0.25, -0.2) is 10.2 Å². The third kappa shape index (κ3) is 2.81. The third-order valence-electron chi connectivity index (χ3n) is 3.80. The highest BCUT2D eigenvalue weighted by Crippen LogP contribution is 2.18. The number of hydrogen-bond acceptors (Lipinski definition) is 3. The molecule has 0 saturated carbocycles. The molecule has 6 heteroatoms. The van der Waals surface area contributed by atoms with E-state index in [1.807, 2.05) is 18.2 Å². The number of amides is 3. The number of hydrazine groups is 1. The first-order valence-electron chi connectivity index (χ1n) is 7.11. The molecule has 0 radical (unpaired) electrons. The predicted octanol–water partition coefficient (Wildman–Crippen LogP) is 2.00. The number of furan rings is 1. The lowest BCUT2D eigenvalue weighted by molar-refractivity contribution is 0.0927. The van der Waals surface area contributed by atoms with E-state index in [1.54, 1.807) is 17.9 Å². The van der Waals surface area contributed by atoms with Crippen LogP contribution in [0.15, 0.2) is 41.0 Å². The Labute approximate surface area is 128 Å². The van der Waals surface area contributed by atoms with Crippen LogP contribution in [0.4, 0.5) is 4.79 Å². The SMILES string of the molecule is Cc1occc1C(=O)NNC(=O)N1CCc2ccccc2C1. The first-order chi connectivity index (χ1) is 10.6. The molecule has 0 spiro atoms. The van der Waals surface area contributed by atoms with Crippen molar-refractivity contribution >= 4 is 11.9 Å². The summed E-state index contributed by atoms with van der Waals surface area (Å²) in [6.07, 6.45) is 2.26. The Morgan fingerprint density at radius 2 is 1.91 bits per heavy atom. The van der Waals surface area contributed by atoms with Crippen molar-refractivity contribution in [2.45, 2.75) is 19.9 Å². The summed E-state index contributed by atoms with van der Waals surface area (Å²) in [4.78, 5) is 25.7. The molecule has 6 nitrogen and oxygen atoms in total. The van der Waals surface area contributed by atoms with E-state index in [-0.39, 0.29) is 6.03 Å². The maximum atomic E-state index is 12.1. The third-order valence-corrected chi connectivity index (χ3v) is 3.80. The van der Waals surface area contributed by atoms with Crippen LogP contribution < -0.4 is 10.9 Å². The number of carbonyl (C=O) groups excluding carboxylic acids is 2. The van der Waals surface area contributed by atoms with E-state index < -0.39 is 5.91 Å². The molecule has 2 heterocycles. The Morgan fingerprint density at radius 1 is 1.14 bits per heavy atom. The van der Waals surface area contributed by atoms with Gasteiger partial charge in [0, 0.05) is 13.1 Å². The second-order valence-electron chi connectivity index (χ2n) is 5.22. The highest BCUT2D eigenvalue weighted by atomic mass is 16.3. The van der Waals surface area contributed by atoms with Crippen LogP contribution in [-0.4, -0.2) is 23.4 Å². The van der Waals surface area contributed by atoms with Crippen LogP contribution in [0.3, 0.4) is 0 Å². The normalized spacial score (nSPS) is 13.4. The second kappa shape index (κ2) is 5.93. The number of carbonyl (C=O) groups is 2. The molecule has 1 aromatic heterocycles. The lowest BCUT2D eigenvalue weighted by atomic mass is 10.0. The molecule has 0 atom stereocenters. The molecule has 2 aromatic rings. The highest BCUT2D eigenvalue weighted by Gasteiger charge is 2.21. The van der Waals surface area contributed by atoms with Gasteiger partial charge in [0.1, 0.15) is 5.76 Å². The summed E-state index contributed by atoms with van der Waals surface area (Å²) in [5.41, 5.74) is 7.67. The molecule has 0 aliphatic carbocycles. The lowest BCUT2D eigenvalue weighted by Gasteiger charge is -2.28. The van der Waals surface area contributed by atoms with E-state index in [2.05, 4.69) is 16.9 Å². The van der Waals surface area contributed by atoms with E-state index in [4.69, 9.17) is 4.42 Å². The number of fused-ring (bicyclic) bond motifs is 1. The summed E-state index contributed by atoms with van der Waals surface area (Å²) in [5, 5.41) is 0. The highest BCUT2D eigenvalue weighted by molar-refractivity contribution is 5.96. The van der Waals surface area contributed by atoms with Gasteiger partial charge >= 0.3 is 6.03 Å². The summed E-state index contributed by atoms with van der Waals surface area (Å²) in [6.45, 7) is 2.87. The fourth-order valence-electron chi connectivity index (χ4n) is 2.55. The number of aryl methyl sites for hydroxylation is 1. The van der Waals surface area contributed by atoms with Crippen LogP contribution >= 0.6 is 0 Å². The summed E-state index contributed by atoms with van der Waals surface area (Å²) in [5.74, 6) is 0.121. The van der Waals surface area contributed by atoms with Crippen LogP contribution in [0.5, 0.6) is 0 Å². The van der Waals surface area contributed by atoms with Crippen LogP contribution in [0.1, 0.15) is 27.2 Å². The second-order valence-corrected chi connectivity index (χ2v) is 5.22. The molecule has 0 saturated heterocycles. The fourth-order valence-corrected chi connectivity index (χ4v) is 2.55. The van der Waals surface area contributed by atoms with Gasteiger partial charge in [-0.3, -0.25) is 10.2 Å². The number of benzene rings is 1. The number of nitrogens with zero attached hydrogens (tertiary/aromatic N) is 1.